The van der Waals surface area contributed by atoms with Crippen LogP contribution in [0.4, 0.5) is 5.69 Å². The summed E-state index contributed by atoms with van der Waals surface area (Å²) < 4.78 is 0. The smallest absolute Gasteiger partial charge is 0.232 e. The van der Waals surface area contributed by atoms with Gasteiger partial charge in [0.25, 0.3) is 0 Å². The Labute approximate surface area is 141 Å². The summed E-state index contributed by atoms with van der Waals surface area (Å²) in [6.07, 6.45) is 2.01. The van der Waals surface area contributed by atoms with Crippen LogP contribution in [0.1, 0.15) is 37.7 Å². The van der Waals surface area contributed by atoms with Crippen molar-refractivity contribution < 1.29 is 14.4 Å². The molecule has 0 saturated carbocycles. The number of rotatable bonds is 4. The Hall–Kier alpha value is -2.37. The van der Waals surface area contributed by atoms with Crippen molar-refractivity contribution in [2.45, 2.75) is 32.1 Å². The Bertz CT molecular complexity index is 651. The molecule has 2 N–H and O–H groups in total. The monoisotopic (exact) mass is 329 g/mol. The Morgan fingerprint density at radius 3 is 2.67 bits per heavy atom. The zero-order valence-corrected chi connectivity index (χ0v) is 13.9. The van der Waals surface area contributed by atoms with Crippen LogP contribution >= 0.6 is 0 Å². The number of benzene rings is 1. The second-order valence-corrected chi connectivity index (χ2v) is 6.49. The maximum Gasteiger partial charge on any atom is 0.232 e. The number of hydrogen-bond donors (Lipinski definition) is 2. The fourth-order valence-electron chi connectivity index (χ4n) is 3.50. The minimum absolute atomic E-state index is 0.000199. The lowest BCUT2D eigenvalue weighted by molar-refractivity contribution is -0.133. The number of para-hydroxylation sites is 1. The number of nitrogens with zero attached hydrogens (tertiary/aromatic N) is 1. The number of amides is 3. The number of carbonyl (C=O) groups excluding carboxylic acids is 3. The first-order valence-electron chi connectivity index (χ1n) is 8.49. The molecule has 1 fully saturated rings. The molecule has 0 aromatic heterocycles. The maximum absolute atomic E-state index is 12.3. The lowest BCUT2D eigenvalue weighted by Crippen LogP contribution is -2.42. The van der Waals surface area contributed by atoms with Gasteiger partial charge in [0.15, 0.2) is 0 Å². The third kappa shape index (κ3) is 3.42. The standard InChI is InChI=1S/C18H23N3O3/c1-12(22)21-10-7-13(8-11-21)17(23)19-9-6-15-14-4-2-3-5-16(14)20-18(15)24/h2-5,13,15H,6-11H2,1H3,(H,19,23)(H,20,24). The minimum Gasteiger partial charge on any atom is -0.356 e. The van der Waals surface area contributed by atoms with E-state index in [1.54, 1.807) is 11.8 Å². The lowest BCUT2D eigenvalue weighted by Gasteiger charge is -2.30. The Kier molecular flexibility index (Phi) is 4.83. The molecule has 2 aliphatic rings. The number of fused-ring (bicyclic) bond motifs is 1. The molecule has 1 atom stereocenters. The van der Waals surface area contributed by atoms with Crippen LogP contribution in [-0.4, -0.2) is 42.3 Å². The second-order valence-electron chi connectivity index (χ2n) is 6.49. The molecule has 128 valence electrons. The Morgan fingerprint density at radius 1 is 1.25 bits per heavy atom. The van der Waals surface area contributed by atoms with E-state index in [1.807, 2.05) is 24.3 Å². The summed E-state index contributed by atoms with van der Waals surface area (Å²) in [5, 5.41) is 5.83. The second kappa shape index (κ2) is 7.03. The van der Waals surface area contributed by atoms with Crippen molar-refractivity contribution >= 4 is 23.4 Å². The molecule has 0 aliphatic carbocycles. The Balaban J connectivity index is 1.46. The third-order valence-electron chi connectivity index (χ3n) is 4.95. The zero-order chi connectivity index (χ0) is 17.1. The summed E-state index contributed by atoms with van der Waals surface area (Å²) in [5.41, 5.74) is 1.88. The van der Waals surface area contributed by atoms with Gasteiger partial charge in [-0.3, -0.25) is 14.4 Å². The molecular formula is C18H23N3O3. The topological polar surface area (TPSA) is 78.5 Å². The quantitative estimate of drug-likeness (QED) is 0.878. The highest BCUT2D eigenvalue weighted by Gasteiger charge is 2.30. The van der Waals surface area contributed by atoms with Gasteiger partial charge in [-0.1, -0.05) is 18.2 Å². The van der Waals surface area contributed by atoms with Crippen molar-refractivity contribution in [2.75, 3.05) is 25.0 Å². The van der Waals surface area contributed by atoms with E-state index in [9.17, 15) is 14.4 Å². The number of piperidine rings is 1. The van der Waals surface area contributed by atoms with Crippen molar-refractivity contribution in [1.29, 1.82) is 0 Å². The van der Waals surface area contributed by atoms with Crippen LogP contribution in [0.25, 0.3) is 0 Å². The van der Waals surface area contributed by atoms with E-state index in [1.165, 1.54) is 0 Å². The molecule has 0 spiro atoms. The molecule has 0 bridgehead atoms. The van der Waals surface area contributed by atoms with Gasteiger partial charge in [-0.15, -0.1) is 0 Å². The fraction of sp³-hybridized carbons (Fsp3) is 0.500. The number of hydrogen-bond acceptors (Lipinski definition) is 3. The largest absolute Gasteiger partial charge is 0.356 e. The van der Waals surface area contributed by atoms with E-state index in [-0.39, 0.29) is 29.6 Å². The van der Waals surface area contributed by atoms with Gasteiger partial charge in [0, 0.05) is 38.2 Å². The van der Waals surface area contributed by atoms with Gasteiger partial charge >= 0.3 is 0 Å². The van der Waals surface area contributed by atoms with Gasteiger partial charge in [0.05, 0.1) is 5.92 Å². The SMILES string of the molecule is CC(=O)N1CCC(C(=O)NCCC2C(=O)Nc3ccccc32)CC1. The number of anilines is 1. The van der Waals surface area contributed by atoms with E-state index in [2.05, 4.69) is 10.6 Å². The molecule has 6 heteroatoms. The molecule has 1 aromatic rings. The highest BCUT2D eigenvalue weighted by atomic mass is 16.2. The third-order valence-corrected chi connectivity index (χ3v) is 4.95. The van der Waals surface area contributed by atoms with E-state index >= 15 is 0 Å². The predicted molar refractivity (Wildman–Crippen MR) is 90.4 cm³/mol. The van der Waals surface area contributed by atoms with Crippen LogP contribution < -0.4 is 10.6 Å². The minimum atomic E-state index is -0.193. The molecule has 3 rings (SSSR count). The lowest BCUT2D eigenvalue weighted by atomic mass is 9.95. The van der Waals surface area contributed by atoms with Crippen LogP contribution in [-0.2, 0) is 14.4 Å². The molecule has 1 aromatic carbocycles. The van der Waals surface area contributed by atoms with Crippen molar-refractivity contribution in [3.8, 4) is 0 Å². The van der Waals surface area contributed by atoms with Gasteiger partial charge in [-0.25, -0.2) is 0 Å². The van der Waals surface area contributed by atoms with Crippen molar-refractivity contribution in [3.05, 3.63) is 29.8 Å². The van der Waals surface area contributed by atoms with Crippen LogP contribution in [0.15, 0.2) is 24.3 Å². The Morgan fingerprint density at radius 2 is 1.96 bits per heavy atom. The van der Waals surface area contributed by atoms with E-state index in [4.69, 9.17) is 0 Å². The summed E-state index contributed by atoms with van der Waals surface area (Å²) >= 11 is 0. The molecule has 2 aliphatic heterocycles. The van der Waals surface area contributed by atoms with Gasteiger partial charge in [-0.05, 0) is 30.9 Å². The molecule has 6 nitrogen and oxygen atoms in total. The van der Waals surface area contributed by atoms with Crippen molar-refractivity contribution in [2.24, 2.45) is 5.92 Å². The summed E-state index contributed by atoms with van der Waals surface area (Å²) in [6, 6.07) is 7.68. The predicted octanol–water partition coefficient (Wildman–Crippen LogP) is 1.49. The summed E-state index contributed by atoms with van der Waals surface area (Å²) in [6.45, 7) is 3.33. The first-order chi connectivity index (χ1) is 11.6. The van der Waals surface area contributed by atoms with Crippen LogP contribution in [0.2, 0.25) is 0 Å². The van der Waals surface area contributed by atoms with E-state index in [0.29, 0.717) is 38.9 Å². The fourth-order valence-corrected chi connectivity index (χ4v) is 3.50. The van der Waals surface area contributed by atoms with Crippen LogP contribution in [0.5, 0.6) is 0 Å². The average molecular weight is 329 g/mol. The summed E-state index contributed by atoms with van der Waals surface area (Å²) in [4.78, 5) is 37.4. The van der Waals surface area contributed by atoms with Crippen LogP contribution in [0, 0.1) is 5.92 Å². The van der Waals surface area contributed by atoms with Gasteiger partial charge in [0.1, 0.15) is 0 Å². The molecule has 2 heterocycles. The molecule has 3 amide bonds. The van der Waals surface area contributed by atoms with Gasteiger partial charge in [-0.2, -0.15) is 0 Å². The van der Waals surface area contributed by atoms with Crippen molar-refractivity contribution in [3.63, 3.8) is 0 Å². The maximum atomic E-state index is 12.3. The molecule has 0 radical (unpaired) electrons. The normalized spacial score (nSPS) is 20.5. The summed E-state index contributed by atoms with van der Waals surface area (Å²) in [5.74, 6) is -0.128. The number of carbonyl (C=O) groups is 3. The van der Waals surface area contributed by atoms with E-state index in [0.717, 1.165) is 11.3 Å². The number of likely N-dealkylation sites (tertiary alicyclic amines) is 1. The van der Waals surface area contributed by atoms with Crippen LogP contribution in [0.3, 0.4) is 0 Å². The van der Waals surface area contributed by atoms with Gasteiger partial charge in [0.2, 0.25) is 17.7 Å². The highest BCUT2D eigenvalue weighted by Crippen LogP contribution is 2.33. The molecule has 1 saturated heterocycles. The first kappa shape index (κ1) is 16.5. The van der Waals surface area contributed by atoms with E-state index < -0.39 is 0 Å². The zero-order valence-electron chi connectivity index (χ0n) is 13.9. The molecule has 24 heavy (non-hydrogen) atoms. The summed E-state index contributed by atoms with van der Waals surface area (Å²) in [7, 11) is 0. The number of nitrogens with one attached hydrogen (secondary N) is 2. The molecule has 1 unspecified atom stereocenters. The first-order valence-corrected chi connectivity index (χ1v) is 8.49. The highest BCUT2D eigenvalue weighted by molar-refractivity contribution is 6.02. The van der Waals surface area contributed by atoms with Crippen molar-refractivity contribution in [1.82, 2.24) is 10.2 Å². The van der Waals surface area contributed by atoms with Gasteiger partial charge < -0.3 is 15.5 Å². The molecular weight excluding hydrogens is 306 g/mol. The average Bonchev–Trinajstić information content (AvgIpc) is 2.90.